The standard InChI is InChI=1S/C38H56N4O8S.C4H5F3O2.C4H6O3/c1-10-42(36(45)48-24-28-17-12-11-13-18-28)22-16-20-31(43)30(40-35(44)50-37(5,6)7)19-14-15-21-32(39)41-51(46,47)34-26(3)25(2)33-29(27(34)4)23-38(8,9)49-33;1-2-9-3(8)4(5,6)7;1-3(5)7-4(2)6/h11-13,17-18,30H,10,14-16,19-24H2,1-9H3,(H2,39,41)(H,40,44);2H2,1H3;1-2H3/t30-;;/m0../s1. The number of fused-ring (bicyclic) bond motifs is 1. The minimum absolute atomic E-state index is 0.0367. The molecule has 0 aromatic heterocycles. The number of carbonyl (C=O) groups is 6. The fourth-order valence-corrected chi connectivity index (χ4v) is 8.06. The van der Waals surface area contributed by atoms with Gasteiger partial charge >= 0.3 is 36.3 Å². The Morgan fingerprint density at radius 1 is 0.896 bits per heavy atom. The van der Waals surface area contributed by atoms with Crippen LogP contribution in [0, 0.1) is 20.8 Å². The number of carbonyl (C=O) groups excluding carboxylic acids is 6. The molecule has 0 bridgehead atoms. The molecule has 0 spiro atoms. The van der Waals surface area contributed by atoms with Crippen LogP contribution in [-0.4, -0.2) is 98.1 Å². The van der Waals surface area contributed by atoms with E-state index in [4.69, 9.17) is 19.9 Å². The quantitative estimate of drug-likeness (QED) is 0.0381. The number of ether oxygens (including phenoxy) is 5. The molecule has 0 saturated carbocycles. The molecule has 21 heteroatoms. The first-order valence-corrected chi connectivity index (χ1v) is 23.1. The third-order valence-electron chi connectivity index (χ3n) is 9.53. The molecule has 2 aromatic carbocycles. The second kappa shape index (κ2) is 26.6. The molecule has 2 aromatic rings. The molecular formula is C46H67F3N4O13S. The topological polar surface area (TPSA) is 236 Å². The van der Waals surface area contributed by atoms with Gasteiger partial charge in [-0.25, -0.2) is 14.4 Å². The molecule has 1 heterocycles. The lowest BCUT2D eigenvalue weighted by atomic mass is 9.94. The van der Waals surface area contributed by atoms with Gasteiger partial charge in [-0.15, -0.1) is 4.40 Å². The van der Waals surface area contributed by atoms with Crippen LogP contribution in [-0.2, 0) is 61.2 Å². The Balaban J connectivity index is 0.00000119. The van der Waals surface area contributed by atoms with Crippen molar-refractivity contribution in [3.63, 3.8) is 0 Å². The molecule has 17 nitrogen and oxygen atoms in total. The summed E-state index contributed by atoms with van der Waals surface area (Å²) in [4.78, 5) is 69.6. The summed E-state index contributed by atoms with van der Waals surface area (Å²) in [6.07, 6.45) is -3.59. The molecule has 3 rings (SSSR count). The van der Waals surface area contributed by atoms with E-state index >= 15 is 0 Å². The van der Waals surface area contributed by atoms with Crippen molar-refractivity contribution >= 4 is 51.7 Å². The highest BCUT2D eigenvalue weighted by Crippen LogP contribution is 2.44. The van der Waals surface area contributed by atoms with Gasteiger partial charge in [-0.3, -0.25) is 14.4 Å². The van der Waals surface area contributed by atoms with Gasteiger partial charge < -0.3 is 39.6 Å². The highest BCUT2D eigenvalue weighted by molar-refractivity contribution is 7.90. The van der Waals surface area contributed by atoms with Crippen LogP contribution in [0.15, 0.2) is 39.6 Å². The first kappa shape index (κ1) is 59.3. The summed E-state index contributed by atoms with van der Waals surface area (Å²) in [5, 5.41) is 2.69. The van der Waals surface area contributed by atoms with E-state index in [1.807, 2.05) is 58.0 Å². The van der Waals surface area contributed by atoms with Crippen molar-refractivity contribution in [2.75, 3.05) is 19.7 Å². The van der Waals surface area contributed by atoms with Crippen LogP contribution in [0.1, 0.15) is 129 Å². The predicted octanol–water partition coefficient (Wildman–Crippen LogP) is 8.04. The number of unbranched alkanes of at least 4 members (excludes halogenated alkanes) is 1. The number of amides is 2. The Bertz CT molecular complexity index is 2160. The molecule has 0 aliphatic carbocycles. The zero-order valence-corrected chi connectivity index (χ0v) is 41.4. The van der Waals surface area contributed by atoms with Crippen LogP contribution in [0.5, 0.6) is 5.75 Å². The number of hydrogen-bond donors (Lipinski definition) is 2. The van der Waals surface area contributed by atoms with Crippen LogP contribution in [0.4, 0.5) is 22.8 Å². The molecule has 0 saturated heterocycles. The number of hydrogen-bond acceptors (Lipinski definition) is 13. The van der Waals surface area contributed by atoms with Crippen molar-refractivity contribution in [1.82, 2.24) is 10.2 Å². The van der Waals surface area contributed by atoms with Gasteiger partial charge in [-0.2, -0.15) is 21.6 Å². The number of Topliss-reactive ketones (excluding diaryl/α,β-unsaturated/α-hetero) is 1. The minimum atomic E-state index is -4.85. The van der Waals surface area contributed by atoms with Crippen molar-refractivity contribution < 1.29 is 74.0 Å². The number of amidine groups is 1. The number of nitrogens with two attached hydrogens (primary N) is 1. The van der Waals surface area contributed by atoms with Crippen molar-refractivity contribution in [3.05, 3.63) is 58.1 Å². The van der Waals surface area contributed by atoms with Gasteiger partial charge in [0.05, 0.1) is 17.5 Å². The number of alkyl carbamates (subject to hydrolysis) is 1. The van der Waals surface area contributed by atoms with Crippen LogP contribution in [0.2, 0.25) is 0 Å². The van der Waals surface area contributed by atoms with Gasteiger partial charge in [0.1, 0.15) is 29.4 Å². The largest absolute Gasteiger partial charge is 0.490 e. The van der Waals surface area contributed by atoms with E-state index in [1.165, 1.54) is 25.7 Å². The zero-order chi connectivity index (χ0) is 51.5. The van der Waals surface area contributed by atoms with E-state index in [0.717, 1.165) is 22.4 Å². The predicted molar refractivity (Wildman–Crippen MR) is 243 cm³/mol. The first-order chi connectivity index (χ1) is 30.8. The molecule has 1 atom stereocenters. The van der Waals surface area contributed by atoms with Gasteiger partial charge in [0.25, 0.3) is 10.0 Å². The molecule has 1 aliphatic rings. The van der Waals surface area contributed by atoms with Gasteiger partial charge in [0.15, 0.2) is 5.78 Å². The average molecular weight is 973 g/mol. The van der Waals surface area contributed by atoms with Crippen molar-refractivity contribution in [2.45, 2.75) is 163 Å². The van der Waals surface area contributed by atoms with Gasteiger partial charge in [0, 0.05) is 51.8 Å². The summed E-state index contributed by atoms with van der Waals surface area (Å²) in [7, 11) is -4.10. The molecule has 2 amide bonds. The van der Waals surface area contributed by atoms with Crippen molar-refractivity contribution in [3.8, 4) is 5.75 Å². The SMILES string of the molecule is CC(=O)OC(C)=O.CCN(CCCC(=O)[C@H](CCCCC(N)=NS(=O)(=O)c1c(C)c(C)c2c(c1C)CC(C)(C)O2)NC(=O)OC(C)(C)C)C(=O)OCc1ccccc1.CCOC(=O)C(F)(F)F. The van der Waals surface area contributed by atoms with Crippen LogP contribution in [0.25, 0.3) is 0 Å². The molecule has 0 radical (unpaired) electrons. The van der Waals surface area contributed by atoms with E-state index in [2.05, 4.69) is 19.2 Å². The molecule has 1 aliphatic heterocycles. The summed E-state index contributed by atoms with van der Waals surface area (Å²) < 4.78 is 89.1. The first-order valence-electron chi connectivity index (χ1n) is 21.7. The second-order valence-electron chi connectivity index (χ2n) is 17.0. The maximum absolute atomic E-state index is 13.5. The number of halogens is 3. The van der Waals surface area contributed by atoms with E-state index in [-0.39, 0.29) is 49.0 Å². The van der Waals surface area contributed by atoms with Gasteiger partial charge in [-0.05, 0) is 111 Å². The van der Waals surface area contributed by atoms with E-state index in [1.54, 1.807) is 34.6 Å². The number of benzene rings is 2. The van der Waals surface area contributed by atoms with E-state index in [9.17, 15) is 50.4 Å². The number of esters is 3. The smallest absolute Gasteiger partial charge is 0.487 e. The Labute approximate surface area is 391 Å². The Morgan fingerprint density at radius 3 is 1.99 bits per heavy atom. The highest BCUT2D eigenvalue weighted by Gasteiger charge is 2.40. The molecule has 3 N–H and O–H groups in total. The number of nitrogens with zero attached hydrogens (tertiary/aromatic N) is 2. The lowest BCUT2D eigenvalue weighted by molar-refractivity contribution is -0.199. The third-order valence-corrected chi connectivity index (χ3v) is 11.1. The summed E-state index contributed by atoms with van der Waals surface area (Å²) >= 11 is 0. The van der Waals surface area contributed by atoms with Crippen molar-refractivity contribution in [1.29, 1.82) is 0 Å². The summed E-state index contributed by atoms with van der Waals surface area (Å²) in [5.41, 5.74) is 8.69. The number of ketones is 1. The summed E-state index contributed by atoms with van der Waals surface area (Å²) in [6, 6.07) is 8.53. The number of nitrogens with one attached hydrogen (secondary N) is 1. The molecule has 0 unspecified atom stereocenters. The zero-order valence-electron chi connectivity index (χ0n) is 40.6. The minimum Gasteiger partial charge on any atom is -0.487 e. The molecule has 376 valence electrons. The summed E-state index contributed by atoms with van der Waals surface area (Å²) in [6.45, 7) is 20.7. The van der Waals surface area contributed by atoms with E-state index < -0.39 is 63.5 Å². The molecule has 67 heavy (non-hydrogen) atoms. The number of alkyl halides is 3. The maximum atomic E-state index is 13.5. The summed E-state index contributed by atoms with van der Waals surface area (Å²) in [5.74, 6) is -2.77. The fraction of sp³-hybridized carbons (Fsp3) is 0.587. The number of sulfonamides is 1. The fourth-order valence-electron chi connectivity index (χ4n) is 6.52. The highest BCUT2D eigenvalue weighted by atomic mass is 32.2. The second-order valence-corrected chi connectivity index (χ2v) is 18.6. The molecule has 0 fully saturated rings. The molecular weight excluding hydrogens is 906 g/mol. The Kier molecular flexibility index (Phi) is 23.5. The van der Waals surface area contributed by atoms with Crippen LogP contribution >= 0.6 is 0 Å². The lowest BCUT2D eigenvalue weighted by Crippen LogP contribution is -2.43. The Hall–Kier alpha value is -5.73. The Morgan fingerprint density at radius 2 is 1.49 bits per heavy atom. The normalized spacial score (nSPS) is 13.4. The monoisotopic (exact) mass is 972 g/mol. The lowest BCUT2D eigenvalue weighted by Gasteiger charge is -2.24. The third kappa shape index (κ3) is 21.6. The van der Waals surface area contributed by atoms with E-state index in [0.29, 0.717) is 49.9 Å². The van der Waals surface area contributed by atoms with Gasteiger partial charge in [0.2, 0.25) is 0 Å². The van der Waals surface area contributed by atoms with Gasteiger partial charge in [-0.1, -0.05) is 36.8 Å². The maximum Gasteiger partial charge on any atom is 0.490 e. The van der Waals surface area contributed by atoms with Crippen molar-refractivity contribution in [2.24, 2.45) is 10.1 Å². The number of rotatable bonds is 17. The van der Waals surface area contributed by atoms with Crippen LogP contribution in [0.3, 0.4) is 0 Å². The average Bonchev–Trinajstić information content (AvgIpc) is 3.53. The van der Waals surface area contributed by atoms with Crippen LogP contribution < -0.4 is 15.8 Å².